The molecular weight excluding hydrogens is 382 g/mol. The standard InChI is InChI=1S/C23H25N3O4/c1-3-29-19-8-10-20(11-9-19)30-15-14-24-23(28)21-12-13-22(27)26(25-21)16-18-6-4-17(2)5-7-18/h4-13H,3,14-16H2,1-2H3,(H,24,28). The Labute approximate surface area is 175 Å². The van der Waals surface area contributed by atoms with Crippen molar-refractivity contribution in [2.45, 2.75) is 20.4 Å². The number of carbonyl (C=O) groups is 1. The molecular formula is C23H25N3O4. The zero-order valence-electron chi connectivity index (χ0n) is 17.1. The molecule has 0 saturated heterocycles. The third kappa shape index (κ3) is 5.94. The first-order valence-corrected chi connectivity index (χ1v) is 9.82. The highest BCUT2D eigenvalue weighted by molar-refractivity contribution is 5.91. The summed E-state index contributed by atoms with van der Waals surface area (Å²) in [5, 5.41) is 6.94. The molecule has 0 radical (unpaired) electrons. The van der Waals surface area contributed by atoms with Crippen molar-refractivity contribution in [1.82, 2.24) is 15.1 Å². The molecule has 0 fully saturated rings. The van der Waals surface area contributed by atoms with Gasteiger partial charge in [-0.15, -0.1) is 0 Å². The molecule has 0 unspecified atom stereocenters. The first kappa shape index (κ1) is 21.1. The minimum atomic E-state index is -0.358. The van der Waals surface area contributed by atoms with Crippen LogP contribution in [-0.2, 0) is 6.54 Å². The van der Waals surface area contributed by atoms with E-state index in [9.17, 15) is 9.59 Å². The van der Waals surface area contributed by atoms with Crippen LogP contribution in [0.2, 0.25) is 0 Å². The number of hydrogen-bond acceptors (Lipinski definition) is 5. The third-order valence-corrected chi connectivity index (χ3v) is 4.34. The molecule has 0 aliphatic rings. The zero-order valence-corrected chi connectivity index (χ0v) is 17.1. The lowest BCUT2D eigenvalue weighted by Gasteiger charge is -2.10. The first-order chi connectivity index (χ1) is 14.5. The summed E-state index contributed by atoms with van der Waals surface area (Å²) in [6.45, 7) is 5.46. The molecule has 0 aliphatic heterocycles. The average Bonchev–Trinajstić information content (AvgIpc) is 2.75. The van der Waals surface area contributed by atoms with Crippen LogP contribution in [0.3, 0.4) is 0 Å². The summed E-state index contributed by atoms with van der Waals surface area (Å²) in [5.74, 6) is 1.12. The van der Waals surface area contributed by atoms with Crippen LogP contribution in [0.15, 0.2) is 65.5 Å². The molecule has 156 valence electrons. The molecule has 2 aromatic carbocycles. The highest BCUT2D eigenvalue weighted by Gasteiger charge is 2.10. The molecule has 1 N–H and O–H groups in total. The Hall–Kier alpha value is -3.61. The molecule has 0 spiro atoms. The number of nitrogens with one attached hydrogen (secondary N) is 1. The molecule has 0 bridgehead atoms. The van der Waals surface area contributed by atoms with Crippen LogP contribution in [0.4, 0.5) is 0 Å². The summed E-state index contributed by atoms with van der Waals surface area (Å²) in [4.78, 5) is 24.5. The van der Waals surface area contributed by atoms with E-state index in [1.807, 2.05) is 62.4 Å². The van der Waals surface area contributed by atoms with Crippen molar-refractivity contribution in [3.63, 3.8) is 0 Å². The van der Waals surface area contributed by atoms with E-state index in [0.29, 0.717) is 32.1 Å². The van der Waals surface area contributed by atoms with Gasteiger partial charge in [0.1, 0.15) is 23.8 Å². The smallest absolute Gasteiger partial charge is 0.271 e. The minimum Gasteiger partial charge on any atom is -0.494 e. The summed E-state index contributed by atoms with van der Waals surface area (Å²) < 4.78 is 12.3. The number of hydrogen-bond donors (Lipinski definition) is 1. The largest absolute Gasteiger partial charge is 0.494 e. The van der Waals surface area contributed by atoms with Gasteiger partial charge in [0.05, 0.1) is 19.7 Å². The Balaban J connectivity index is 1.52. The Bertz CT molecular complexity index is 1030. The van der Waals surface area contributed by atoms with E-state index in [0.717, 1.165) is 16.9 Å². The van der Waals surface area contributed by atoms with E-state index in [2.05, 4.69) is 10.4 Å². The van der Waals surface area contributed by atoms with Gasteiger partial charge >= 0.3 is 0 Å². The van der Waals surface area contributed by atoms with Gasteiger partial charge in [-0.1, -0.05) is 29.8 Å². The second-order valence-electron chi connectivity index (χ2n) is 6.71. The van der Waals surface area contributed by atoms with E-state index in [-0.39, 0.29) is 17.2 Å². The number of aryl methyl sites for hydroxylation is 1. The maximum absolute atomic E-state index is 12.4. The quantitative estimate of drug-likeness (QED) is 0.552. The molecule has 0 aliphatic carbocycles. The van der Waals surface area contributed by atoms with Gasteiger partial charge in [0.15, 0.2) is 0 Å². The normalized spacial score (nSPS) is 10.5. The number of nitrogens with zero attached hydrogens (tertiary/aromatic N) is 2. The summed E-state index contributed by atoms with van der Waals surface area (Å²) in [7, 11) is 0. The molecule has 1 heterocycles. The zero-order chi connectivity index (χ0) is 21.3. The predicted octanol–water partition coefficient (Wildman–Crippen LogP) is 2.81. The van der Waals surface area contributed by atoms with Gasteiger partial charge in [0.25, 0.3) is 11.5 Å². The second-order valence-corrected chi connectivity index (χ2v) is 6.71. The van der Waals surface area contributed by atoms with E-state index >= 15 is 0 Å². The Morgan fingerprint density at radius 1 is 0.967 bits per heavy atom. The maximum Gasteiger partial charge on any atom is 0.271 e. The maximum atomic E-state index is 12.4. The molecule has 1 amide bonds. The first-order valence-electron chi connectivity index (χ1n) is 9.82. The average molecular weight is 407 g/mol. The number of rotatable bonds is 9. The fraction of sp³-hybridized carbons (Fsp3) is 0.261. The van der Waals surface area contributed by atoms with E-state index in [4.69, 9.17) is 9.47 Å². The molecule has 7 heteroatoms. The van der Waals surface area contributed by atoms with Crippen molar-refractivity contribution in [3.05, 3.63) is 87.8 Å². The van der Waals surface area contributed by atoms with Crippen molar-refractivity contribution in [2.75, 3.05) is 19.8 Å². The monoisotopic (exact) mass is 407 g/mol. The summed E-state index contributed by atoms with van der Waals surface area (Å²) >= 11 is 0. The van der Waals surface area contributed by atoms with Gasteiger partial charge in [-0.2, -0.15) is 5.10 Å². The SMILES string of the molecule is CCOc1ccc(OCCNC(=O)c2ccc(=O)n(Cc3ccc(C)cc3)n2)cc1. The van der Waals surface area contributed by atoms with Crippen LogP contribution in [-0.4, -0.2) is 35.4 Å². The van der Waals surface area contributed by atoms with Gasteiger partial charge in [-0.05, 0) is 49.7 Å². The van der Waals surface area contributed by atoms with Gasteiger partial charge in [-0.25, -0.2) is 4.68 Å². The molecule has 0 atom stereocenters. The lowest BCUT2D eigenvalue weighted by molar-refractivity contribution is 0.0939. The molecule has 1 aromatic heterocycles. The lowest BCUT2D eigenvalue weighted by atomic mass is 10.1. The molecule has 7 nitrogen and oxygen atoms in total. The summed E-state index contributed by atoms with van der Waals surface area (Å²) in [6, 6.07) is 17.9. The minimum absolute atomic E-state index is 0.183. The fourth-order valence-electron chi connectivity index (χ4n) is 2.77. The van der Waals surface area contributed by atoms with Crippen molar-refractivity contribution in [3.8, 4) is 11.5 Å². The van der Waals surface area contributed by atoms with Crippen molar-refractivity contribution in [2.24, 2.45) is 0 Å². The number of carbonyl (C=O) groups excluding carboxylic acids is 1. The van der Waals surface area contributed by atoms with Crippen molar-refractivity contribution < 1.29 is 14.3 Å². The highest BCUT2D eigenvalue weighted by Crippen LogP contribution is 2.17. The van der Waals surface area contributed by atoms with E-state index in [1.165, 1.54) is 16.8 Å². The van der Waals surface area contributed by atoms with Crippen LogP contribution in [0.25, 0.3) is 0 Å². The molecule has 30 heavy (non-hydrogen) atoms. The second kappa shape index (κ2) is 10.2. The Morgan fingerprint density at radius 2 is 1.63 bits per heavy atom. The van der Waals surface area contributed by atoms with Crippen LogP contribution in [0, 0.1) is 6.92 Å². The lowest BCUT2D eigenvalue weighted by Crippen LogP contribution is -2.32. The van der Waals surface area contributed by atoms with Crippen molar-refractivity contribution in [1.29, 1.82) is 0 Å². The number of ether oxygens (including phenoxy) is 2. The van der Waals surface area contributed by atoms with Crippen LogP contribution < -0.4 is 20.3 Å². The van der Waals surface area contributed by atoms with Crippen LogP contribution >= 0.6 is 0 Å². The van der Waals surface area contributed by atoms with E-state index < -0.39 is 0 Å². The Morgan fingerprint density at radius 3 is 2.30 bits per heavy atom. The third-order valence-electron chi connectivity index (χ3n) is 4.34. The van der Waals surface area contributed by atoms with E-state index in [1.54, 1.807) is 0 Å². The van der Waals surface area contributed by atoms with Gasteiger partial charge in [-0.3, -0.25) is 9.59 Å². The predicted molar refractivity (Wildman–Crippen MR) is 114 cm³/mol. The van der Waals surface area contributed by atoms with Gasteiger partial charge in [0, 0.05) is 6.07 Å². The number of amides is 1. The summed E-state index contributed by atoms with van der Waals surface area (Å²) in [6.07, 6.45) is 0. The topological polar surface area (TPSA) is 82.5 Å². The molecule has 0 saturated carbocycles. The molecule has 3 aromatic rings. The fourth-order valence-corrected chi connectivity index (χ4v) is 2.77. The van der Waals surface area contributed by atoms with Crippen LogP contribution in [0.1, 0.15) is 28.5 Å². The summed E-state index contributed by atoms with van der Waals surface area (Å²) in [5.41, 5.74) is 2.00. The molecule has 3 rings (SSSR count). The van der Waals surface area contributed by atoms with Crippen LogP contribution in [0.5, 0.6) is 11.5 Å². The van der Waals surface area contributed by atoms with Gasteiger partial charge in [0.2, 0.25) is 0 Å². The number of benzene rings is 2. The Kier molecular flexibility index (Phi) is 7.21. The number of aromatic nitrogens is 2. The highest BCUT2D eigenvalue weighted by atomic mass is 16.5. The van der Waals surface area contributed by atoms with Gasteiger partial charge < -0.3 is 14.8 Å². The van der Waals surface area contributed by atoms with Crippen molar-refractivity contribution >= 4 is 5.91 Å².